The maximum absolute atomic E-state index is 12.6. The van der Waals surface area contributed by atoms with E-state index in [1.807, 2.05) is 39.8 Å². The number of rotatable bonds is 5. The Hall–Kier alpha value is -1.35. The summed E-state index contributed by atoms with van der Waals surface area (Å²) in [7, 11) is 1.59. The molecule has 2 N–H and O–H groups in total. The summed E-state index contributed by atoms with van der Waals surface area (Å²) in [5.74, 6) is 0.737. The highest BCUT2D eigenvalue weighted by Crippen LogP contribution is 2.31. The number of aryl methyl sites for hydroxylation is 2. The Morgan fingerprint density at radius 2 is 1.83 bits per heavy atom. The molecule has 3 nitrogen and oxygen atoms in total. The van der Waals surface area contributed by atoms with E-state index < -0.39 is 5.41 Å². The normalized spacial score (nSPS) is 11.4. The van der Waals surface area contributed by atoms with Crippen molar-refractivity contribution >= 4 is 5.78 Å². The number of nitrogens with two attached hydrogens (primary N) is 1. The molecule has 0 atom stereocenters. The molecule has 18 heavy (non-hydrogen) atoms. The van der Waals surface area contributed by atoms with Gasteiger partial charge in [-0.15, -0.1) is 0 Å². The molecule has 0 amide bonds. The summed E-state index contributed by atoms with van der Waals surface area (Å²) in [6.45, 7) is 8.37. The van der Waals surface area contributed by atoms with Crippen LogP contribution in [0.15, 0.2) is 12.1 Å². The number of hydrogen-bond acceptors (Lipinski definition) is 3. The molecule has 3 heteroatoms. The SMILES string of the molecule is COc1cc(C)c(C)cc1C(=O)C(C)(C)CCN. The smallest absolute Gasteiger partial charge is 0.172 e. The van der Waals surface area contributed by atoms with E-state index in [4.69, 9.17) is 10.5 Å². The molecule has 0 saturated heterocycles. The molecule has 0 aliphatic carbocycles. The third-order valence-corrected chi connectivity index (χ3v) is 3.44. The second-order valence-electron chi connectivity index (χ2n) is 5.39. The van der Waals surface area contributed by atoms with Gasteiger partial charge in [0.1, 0.15) is 5.75 Å². The number of hydrogen-bond donors (Lipinski definition) is 1. The molecule has 0 aromatic heterocycles. The van der Waals surface area contributed by atoms with Gasteiger partial charge in [0.25, 0.3) is 0 Å². The molecule has 1 aromatic rings. The number of Topliss-reactive ketones (excluding diaryl/α,β-unsaturated/α-hetero) is 1. The lowest BCUT2D eigenvalue weighted by Gasteiger charge is -2.24. The fourth-order valence-electron chi connectivity index (χ4n) is 1.97. The van der Waals surface area contributed by atoms with Crippen molar-refractivity contribution < 1.29 is 9.53 Å². The topological polar surface area (TPSA) is 52.3 Å². The Balaban J connectivity index is 3.24. The van der Waals surface area contributed by atoms with Crippen molar-refractivity contribution in [3.8, 4) is 5.75 Å². The van der Waals surface area contributed by atoms with Crippen LogP contribution in [0.5, 0.6) is 5.75 Å². The van der Waals surface area contributed by atoms with Gasteiger partial charge in [-0.05, 0) is 50.1 Å². The molecule has 0 radical (unpaired) electrons. The van der Waals surface area contributed by atoms with E-state index in [0.717, 1.165) is 11.1 Å². The summed E-state index contributed by atoms with van der Waals surface area (Å²) in [5.41, 5.74) is 7.99. The Morgan fingerprint density at radius 3 is 2.33 bits per heavy atom. The summed E-state index contributed by atoms with van der Waals surface area (Å²) >= 11 is 0. The Bertz CT molecular complexity index is 450. The summed E-state index contributed by atoms with van der Waals surface area (Å²) in [6.07, 6.45) is 0.669. The monoisotopic (exact) mass is 249 g/mol. The Labute approximate surface area is 109 Å². The fraction of sp³-hybridized carbons (Fsp3) is 0.533. The van der Waals surface area contributed by atoms with Crippen molar-refractivity contribution in [2.24, 2.45) is 11.1 Å². The van der Waals surface area contributed by atoms with Gasteiger partial charge in [-0.2, -0.15) is 0 Å². The average Bonchev–Trinajstić information content (AvgIpc) is 2.31. The minimum atomic E-state index is -0.455. The first-order chi connectivity index (χ1) is 8.33. The van der Waals surface area contributed by atoms with Crippen LogP contribution >= 0.6 is 0 Å². The number of carbonyl (C=O) groups is 1. The van der Waals surface area contributed by atoms with E-state index in [9.17, 15) is 4.79 Å². The summed E-state index contributed by atoms with van der Waals surface area (Å²) < 4.78 is 5.32. The standard InChI is InChI=1S/C15H23NO2/c1-10-8-12(13(18-5)9-11(10)2)14(17)15(3,4)6-7-16/h8-9H,6-7,16H2,1-5H3. The van der Waals surface area contributed by atoms with Crippen LogP contribution in [0.4, 0.5) is 0 Å². The number of methoxy groups -OCH3 is 1. The molecule has 0 spiro atoms. The van der Waals surface area contributed by atoms with Crippen molar-refractivity contribution in [3.05, 3.63) is 28.8 Å². The Kier molecular flexibility index (Phi) is 4.52. The third-order valence-electron chi connectivity index (χ3n) is 3.44. The average molecular weight is 249 g/mol. The number of carbonyl (C=O) groups excluding carboxylic acids is 1. The quantitative estimate of drug-likeness (QED) is 0.816. The zero-order chi connectivity index (χ0) is 13.9. The van der Waals surface area contributed by atoms with Gasteiger partial charge in [0.05, 0.1) is 12.7 Å². The van der Waals surface area contributed by atoms with E-state index in [1.165, 1.54) is 0 Å². The molecular weight excluding hydrogens is 226 g/mol. The number of benzene rings is 1. The highest BCUT2D eigenvalue weighted by atomic mass is 16.5. The first-order valence-electron chi connectivity index (χ1n) is 6.23. The molecule has 0 fully saturated rings. The van der Waals surface area contributed by atoms with E-state index >= 15 is 0 Å². The van der Waals surface area contributed by atoms with E-state index in [1.54, 1.807) is 7.11 Å². The van der Waals surface area contributed by atoms with Crippen LogP contribution in [-0.4, -0.2) is 19.4 Å². The molecule has 0 bridgehead atoms. The van der Waals surface area contributed by atoms with Crippen LogP contribution in [0.25, 0.3) is 0 Å². The van der Waals surface area contributed by atoms with Crippen molar-refractivity contribution in [2.75, 3.05) is 13.7 Å². The van der Waals surface area contributed by atoms with Gasteiger partial charge >= 0.3 is 0 Å². The van der Waals surface area contributed by atoms with Crippen molar-refractivity contribution in [1.82, 2.24) is 0 Å². The first-order valence-corrected chi connectivity index (χ1v) is 6.23. The van der Waals surface area contributed by atoms with Gasteiger partial charge in [-0.3, -0.25) is 4.79 Å². The maximum Gasteiger partial charge on any atom is 0.172 e. The fourth-order valence-corrected chi connectivity index (χ4v) is 1.97. The number of ether oxygens (including phenoxy) is 1. The van der Waals surface area contributed by atoms with Crippen molar-refractivity contribution in [2.45, 2.75) is 34.1 Å². The molecule has 0 heterocycles. The minimum Gasteiger partial charge on any atom is -0.496 e. The third kappa shape index (κ3) is 2.91. The van der Waals surface area contributed by atoms with Crippen LogP contribution < -0.4 is 10.5 Å². The van der Waals surface area contributed by atoms with Crippen molar-refractivity contribution in [3.63, 3.8) is 0 Å². The van der Waals surface area contributed by atoms with Crippen LogP contribution in [0, 0.1) is 19.3 Å². The highest BCUT2D eigenvalue weighted by Gasteiger charge is 2.30. The molecule has 100 valence electrons. The second-order valence-corrected chi connectivity index (χ2v) is 5.39. The second kappa shape index (κ2) is 5.53. The molecule has 0 aliphatic heterocycles. The number of ketones is 1. The van der Waals surface area contributed by atoms with Gasteiger partial charge in [-0.25, -0.2) is 0 Å². The first kappa shape index (κ1) is 14.7. The molecule has 1 rings (SSSR count). The predicted molar refractivity (Wildman–Crippen MR) is 74.3 cm³/mol. The summed E-state index contributed by atoms with van der Waals surface area (Å²) in [6, 6.07) is 3.83. The Morgan fingerprint density at radius 1 is 1.28 bits per heavy atom. The molecule has 0 saturated carbocycles. The lowest BCUT2D eigenvalue weighted by atomic mass is 9.80. The molecule has 1 aromatic carbocycles. The van der Waals surface area contributed by atoms with Gasteiger partial charge in [-0.1, -0.05) is 13.8 Å². The van der Waals surface area contributed by atoms with Crippen LogP contribution in [0.2, 0.25) is 0 Å². The van der Waals surface area contributed by atoms with E-state index in [2.05, 4.69) is 0 Å². The van der Waals surface area contributed by atoms with E-state index in [-0.39, 0.29) is 5.78 Å². The lowest BCUT2D eigenvalue weighted by molar-refractivity contribution is 0.0826. The van der Waals surface area contributed by atoms with Crippen LogP contribution in [-0.2, 0) is 0 Å². The molecule has 0 aliphatic rings. The van der Waals surface area contributed by atoms with Crippen molar-refractivity contribution in [1.29, 1.82) is 0 Å². The predicted octanol–water partition coefficient (Wildman–Crippen LogP) is 2.87. The largest absolute Gasteiger partial charge is 0.496 e. The van der Waals surface area contributed by atoms with Crippen LogP contribution in [0.1, 0.15) is 41.8 Å². The molecular formula is C15H23NO2. The van der Waals surface area contributed by atoms with Crippen LogP contribution in [0.3, 0.4) is 0 Å². The maximum atomic E-state index is 12.6. The lowest BCUT2D eigenvalue weighted by Crippen LogP contribution is -2.27. The van der Waals surface area contributed by atoms with Gasteiger partial charge in [0.15, 0.2) is 5.78 Å². The van der Waals surface area contributed by atoms with Gasteiger partial charge in [0, 0.05) is 5.41 Å². The zero-order valence-electron chi connectivity index (χ0n) is 12.0. The van der Waals surface area contributed by atoms with Gasteiger partial charge in [0.2, 0.25) is 0 Å². The zero-order valence-corrected chi connectivity index (χ0v) is 12.0. The summed E-state index contributed by atoms with van der Waals surface area (Å²) in [4.78, 5) is 12.6. The van der Waals surface area contributed by atoms with E-state index in [0.29, 0.717) is 24.3 Å². The highest BCUT2D eigenvalue weighted by molar-refractivity contribution is 6.02. The molecule has 0 unspecified atom stereocenters. The summed E-state index contributed by atoms with van der Waals surface area (Å²) in [5, 5.41) is 0. The minimum absolute atomic E-state index is 0.0906. The van der Waals surface area contributed by atoms with Gasteiger partial charge < -0.3 is 10.5 Å².